The number of carbonyl (C=O) groups excluding carboxylic acids is 1. The molecule has 1 heterocycles. The Hall–Kier alpha value is -1.19. The van der Waals surface area contributed by atoms with Gasteiger partial charge in [0.1, 0.15) is 6.33 Å². The number of carbonyl (C=O) groups is 1. The number of hydrogen-bond donors (Lipinski definition) is 0. The molecule has 0 radical (unpaired) electrons. The third-order valence-corrected chi connectivity index (χ3v) is 1.61. The fourth-order valence-electron chi connectivity index (χ4n) is 0.810. The third-order valence-electron chi connectivity index (χ3n) is 1.61. The van der Waals surface area contributed by atoms with E-state index in [4.69, 9.17) is 0 Å². The smallest absolute Gasteiger partial charge is 0.217 e. The van der Waals surface area contributed by atoms with Crippen molar-refractivity contribution in [3.05, 3.63) is 12.2 Å². The molecule has 0 fully saturated rings. The molecular formula is C8H13N3O. The highest BCUT2D eigenvalue weighted by atomic mass is 16.1. The Morgan fingerprint density at radius 2 is 2.33 bits per heavy atom. The molecule has 0 saturated heterocycles. The molecule has 1 aromatic rings. The number of ketones is 1. The summed E-state index contributed by atoms with van der Waals surface area (Å²) in [6.45, 7) is 5.79. The first-order chi connectivity index (χ1) is 5.65. The lowest BCUT2D eigenvalue weighted by Gasteiger charge is -2.01. The number of nitrogens with zero attached hydrogens (tertiary/aromatic N) is 3. The van der Waals surface area contributed by atoms with Crippen LogP contribution >= 0.6 is 0 Å². The summed E-state index contributed by atoms with van der Waals surface area (Å²) in [5, 5.41) is 4.04. The summed E-state index contributed by atoms with van der Waals surface area (Å²) < 4.78 is 1.68. The highest BCUT2D eigenvalue weighted by Crippen LogP contribution is 2.02. The largest absolute Gasteiger partial charge is 0.291 e. The van der Waals surface area contributed by atoms with Gasteiger partial charge in [0.25, 0.3) is 0 Å². The van der Waals surface area contributed by atoms with E-state index in [1.807, 2.05) is 13.8 Å². The van der Waals surface area contributed by atoms with Crippen molar-refractivity contribution >= 4 is 5.78 Å². The van der Waals surface area contributed by atoms with Crippen LogP contribution in [0.5, 0.6) is 0 Å². The van der Waals surface area contributed by atoms with Crippen molar-refractivity contribution < 1.29 is 4.79 Å². The lowest BCUT2D eigenvalue weighted by Crippen LogP contribution is -2.04. The highest BCUT2D eigenvalue weighted by molar-refractivity contribution is 5.91. The summed E-state index contributed by atoms with van der Waals surface area (Å²) in [6, 6.07) is 0.260. The maximum atomic E-state index is 11.1. The first kappa shape index (κ1) is 8.90. The molecule has 66 valence electrons. The molecule has 4 heteroatoms. The van der Waals surface area contributed by atoms with Gasteiger partial charge in [-0.1, -0.05) is 6.92 Å². The number of hydrogen-bond acceptors (Lipinski definition) is 3. The Morgan fingerprint density at radius 3 is 2.75 bits per heavy atom. The Bertz CT molecular complexity index is 278. The van der Waals surface area contributed by atoms with Crippen LogP contribution in [0.3, 0.4) is 0 Å². The lowest BCUT2D eigenvalue weighted by atomic mass is 10.3. The molecule has 0 aliphatic carbocycles. The second-order valence-electron chi connectivity index (χ2n) is 2.92. The van der Waals surface area contributed by atoms with E-state index >= 15 is 0 Å². The fourth-order valence-corrected chi connectivity index (χ4v) is 0.810. The Balaban J connectivity index is 2.84. The van der Waals surface area contributed by atoms with Gasteiger partial charge in [0, 0.05) is 12.5 Å². The first-order valence-corrected chi connectivity index (χ1v) is 4.09. The van der Waals surface area contributed by atoms with Crippen molar-refractivity contribution in [1.82, 2.24) is 14.8 Å². The van der Waals surface area contributed by atoms with Gasteiger partial charge < -0.3 is 0 Å². The van der Waals surface area contributed by atoms with E-state index in [1.165, 1.54) is 0 Å². The normalized spacial score (nSPS) is 10.7. The van der Waals surface area contributed by atoms with Crippen LogP contribution in [0, 0.1) is 0 Å². The quantitative estimate of drug-likeness (QED) is 0.640. The summed E-state index contributed by atoms with van der Waals surface area (Å²) in [7, 11) is 0. The van der Waals surface area contributed by atoms with Gasteiger partial charge in [-0.05, 0) is 13.8 Å². The first-order valence-electron chi connectivity index (χ1n) is 4.09. The molecule has 0 atom stereocenters. The van der Waals surface area contributed by atoms with E-state index in [1.54, 1.807) is 17.9 Å². The average Bonchev–Trinajstić information content (AvgIpc) is 2.51. The molecule has 0 aromatic carbocycles. The molecule has 0 unspecified atom stereocenters. The van der Waals surface area contributed by atoms with Crippen molar-refractivity contribution in [3.63, 3.8) is 0 Å². The topological polar surface area (TPSA) is 47.8 Å². The summed E-state index contributed by atoms with van der Waals surface area (Å²) in [6.07, 6.45) is 2.05. The summed E-state index contributed by atoms with van der Waals surface area (Å²) in [5.74, 6) is 0.320. The second kappa shape index (κ2) is 3.47. The zero-order valence-electron chi connectivity index (χ0n) is 7.61. The van der Waals surface area contributed by atoms with Crippen LogP contribution in [0.2, 0.25) is 0 Å². The maximum Gasteiger partial charge on any atom is 0.217 e. The van der Waals surface area contributed by atoms with Crippen LogP contribution < -0.4 is 0 Å². The Labute approximate surface area is 71.6 Å². The minimum Gasteiger partial charge on any atom is -0.291 e. The lowest BCUT2D eigenvalue weighted by molar-refractivity contribution is 0.0978. The van der Waals surface area contributed by atoms with Gasteiger partial charge in [0.2, 0.25) is 11.6 Å². The van der Waals surface area contributed by atoms with Crippen LogP contribution in [-0.4, -0.2) is 20.5 Å². The van der Waals surface area contributed by atoms with Gasteiger partial charge in [-0.3, -0.25) is 4.79 Å². The SMILES string of the molecule is CCC(=O)c1ncn(C(C)C)n1. The standard InChI is InChI=1S/C8H13N3O/c1-4-7(12)8-9-5-11(10-8)6(2)3/h5-6H,4H2,1-3H3. The number of rotatable bonds is 3. The van der Waals surface area contributed by atoms with Gasteiger partial charge in [-0.15, -0.1) is 5.10 Å². The molecule has 0 aliphatic rings. The predicted octanol–water partition coefficient (Wildman–Crippen LogP) is 1.45. The van der Waals surface area contributed by atoms with Crippen LogP contribution in [0.4, 0.5) is 0 Å². The van der Waals surface area contributed by atoms with E-state index in [0.29, 0.717) is 12.2 Å². The molecule has 0 bridgehead atoms. The summed E-state index contributed by atoms with van der Waals surface area (Å²) >= 11 is 0. The monoisotopic (exact) mass is 167 g/mol. The minimum atomic E-state index is -0.00519. The minimum absolute atomic E-state index is 0.00519. The molecule has 1 aromatic heterocycles. The third kappa shape index (κ3) is 1.69. The maximum absolute atomic E-state index is 11.1. The number of Topliss-reactive ketones (excluding diaryl/α,β-unsaturated/α-hetero) is 1. The molecular weight excluding hydrogens is 154 g/mol. The van der Waals surface area contributed by atoms with E-state index in [0.717, 1.165) is 0 Å². The van der Waals surface area contributed by atoms with E-state index < -0.39 is 0 Å². The average molecular weight is 167 g/mol. The van der Waals surface area contributed by atoms with Crippen LogP contribution in [0.25, 0.3) is 0 Å². The van der Waals surface area contributed by atoms with Crippen LogP contribution in [0.15, 0.2) is 6.33 Å². The molecule has 0 N–H and O–H groups in total. The number of aromatic nitrogens is 3. The van der Waals surface area contributed by atoms with Crippen LogP contribution in [0.1, 0.15) is 43.9 Å². The van der Waals surface area contributed by atoms with Gasteiger partial charge in [-0.2, -0.15) is 0 Å². The molecule has 12 heavy (non-hydrogen) atoms. The molecule has 4 nitrogen and oxygen atoms in total. The summed E-state index contributed by atoms with van der Waals surface area (Å²) in [4.78, 5) is 15.0. The molecule has 0 saturated carbocycles. The van der Waals surface area contributed by atoms with Crippen molar-refractivity contribution in [2.75, 3.05) is 0 Å². The molecule has 0 amide bonds. The van der Waals surface area contributed by atoms with E-state index in [9.17, 15) is 4.79 Å². The van der Waals surface area contributed by atoms with E-state index in [-0.39, 0.29) is 11.8 Å². The highest BCUT2D eigenvalue weighted by Gasteiger charge is 2.09. The second-order valence-corrected chi connectivity index (χ2v) is 2.92. The van der Waals surface area contributed by atoms with E-state index in [2.05, 4.69) is 10.1 Å². The van der Waals surface area contributed by atoms with Crippen LogP contribution in [-0.2, 0) is 0 Å². The van der Waals surface area contributed by atoms with Crippen molar-refractivity contribution in [2.24, 2.45) is 0 Å². The van der Waals surface area contributed by atoms with Crippen molar-refractivity contribution in [3.8, 4) is 0 Å². The zero-order valence-corrected chi connectivity index (χ0v) is 7.61. The molecule has 0 spiro atoms. The van der Waals surface area contributed by atoms with Gasteiger partial charge in [-0.25, -0.2) is 9.67 Å². The van der Waals surface area contributed by atoms with Crippen molar-refractivity contribution in [1.29, 1.82) is 0 Å². The van der Waals surface area contributed by atoms with Crippen molar-refractivity contribution in [2.45, 2.75) is 33.2 Å². The van der Waals surface area contributed by atoms with Gasteiger partial charge in [0.15, 0.2) is 0 Å². The Kier molecular flexibility index (Phi) is 2.58. The molecule has 1 rings (SSSR count). The summed E-state index contributed by atoms with van der Waals surface area (Å²) in [5.41, 5.74) is 0. The fraction of sp³-hybridized carbons (Fsp3) is 0.625. The van der Waals surface area contributed by atoms with Gasteiger partial charge in [0.05, 0.1) is 0 Å². The Morgan fingerprint density at radius 1 is 1.67 bits per heavy atom. The zero-order chi connectivity index (χ0) is 9.14. The molecule has 0 aliphatic heterocycles. The predicted molar refractivity (Wildman–Crippen MR) is 45.0 cm³/mol. The van der Waals surface area contributed by atoms with Gasteiger partial charge >= 0.3 is 0 Å².